The van der Waals surface area contributed by atoms with Gasteiger partial charge < -0.3 is 14.4 Å². The highest BCUT2D eigenvalue weighted by Gasteiger charge is 2.38. The van der Waals surface area contributed by atoms with Gasteiger partial charge in [-0.05, 0) is 49.9 Å². The van der Waals surface area contributed by atoms with E-state index in [-0.39, 0.29) is 23.6 Å². The summed E-state index contributed by atoms with van der Waals surface area (Å²) in [5, 5.41) is 0. The molecule has 0 unspecified atom stereocenters. The number of amides is 1. The second-order valence-corrected chi connectivity index (χ2v) is 8.00. The summed E-state index contributed by atoms with van der Waals surface area (Å²) in [6.07, 6.45) is 2.17. The third-order valence-corrected chi connectivity index (χ3v) is 5.48. The largest absolute Gasteiger partial charge is 0.497 e. The maximum Gasteiger partial charge on any atom is 0.223 e. The lowest BCUT2D eigenvalue weighted by molar-refractivity contribution is -0.142. The van der Waals surface area contributed by atoms with Crippen LogP contribution in [-0.2, 0) is 9.53 Å². The average Bonchev–Trinajstić information content (AvgIpc) is 2.71. The molecule has 4 heteroatoms. The molecule has 2 atom stereocenters. The van der Waals surface area contributed by atoms with Crippen molar-refractivity contribution in [2.75, 3.05) is 13.7 Å². The first kappa shape index (κ1) is 20.4. The standard InChI is InChI=1S/C24H31NO3/c1-5-22(26)25(20-15-16-28-24(2,3)17-20)23(18-9-7-6-8-10-18)19-11-13-21(27-4)14-12-19/h6-14,20,23H,5,15-17H2,1-4H3/t20-,23+/m0/s1. The number of nitrogens with zero attached hydrogens (tertiary/aromatic N) is 1. The van der Waals surface area contributed by atoms with Gasteiger partial charge in [0.1, 0.15) is 5.75 Å². The smallest absolute Gasteiger partial charge is 0.223 e. The van der Waals surface area contributed by atoms with Gasteiger partial charge in [-0.1, -0.05) is 49.4 Å². The third-order valence-electron chi connectivity index (χ3n) is 5.48. The van der Waals surface area contributed by atoms with E-state index in [0.717, 1.165) is 29.7 Å². The molecule has 0 bridgehead atoms. The zero-order valence-corrected chi connectivity index (χ0v) is 17.4. The fraction of sp³-hybridized carbons (Fsp3) is 0.458. The molecule has 3 rings (SSSR count). The van der Waals surface area contributed by atoms with Gasteiger partial charge in [-0.15, -0.1) is 0 Å². The molecule has 1 heterocycles. The molecule has 150 valence electrons. The van der Waals surface area contributed by atoms with Crippen molar-refractivity contribution in [3.63, 3.8) is 0 Å². The predicted molar refractivity (Wildman–Crippen MR) is 111 cm³/mol. The molecular weight excluding hydrogens is 350 g/mol. The third kappa shape index (κ3) is 4.56. The van der Waals surface area contributed by atoms with Crippen molar-refractivity contribution >= 4 is 5.91 Å². The average molecular weight is 382 g/mol. The van der Waals surface area contributed by atoms with Gasteiger partial charge in [0.25, 0.3) is 0 Å². The summed E-state index contributed by atoms with van der Waals surface area (Å²) in [7, 11) is 1.67. The van der Waals surface area contributed by atoms with E-state index in [9.17, 15) is 4.79 Å². The molecule has 0 aliphatic carbocycles. The molecular formula is C24H31NO3. The van der Waals surface area contributed by atoms with Gasteiger partial charge in [0.15, 0.2) is 0 Å². The molecule has 1 aliphatic heterocycles. The molecule has 1 saturated heterocycles. The molecule has 0 aromatic heterocycles. The lowest BCUT2D eigenvalue weighted by atomic mass is 9.88. The van der Waals surface area contributed by atoms with Crippen LogP contribution in [0.2, 0.25) is 0 Å². The highest BCUT2D eigenvalue weighted by Crippen LogP contribution is 2.37. The van der Waals surface area contributed by atoms with Gasteiger partial charge in [-0.3, -0.25) is 4.79 Å². The van der Waals surface area contributed by atoms with Crippen LogP contribution in [0.3, 0.4) is 0 Å². The van der Waals surface area contributed by atoms with Crippen LogP contribution in [0.15, 0.2) is 54.6 Å². The summed E-state index contributed by atoms with van der Waals surface area (Å²) in [6.45, 7) is 6.84. The van der Waals surface area contributed by atoms with Crippen LogP contribution >= 0.6 is 0 Å². The highest BCUT2D eigenvalue weighted by molar-refractivity contribution is 5.77. The molecule has 2 aromatic rings. The van der Waals surface area contributed by atoms with Crippen LogP contribution < -0.4 is 4.74 Å². The maximum absolute atomic E-state index is 13.2. The van der Waals surface area contributed by atoms with E-state index in [2.05, 4.69) is 43.0 Å². The molecule has 0 radical (unpaired) electrons. The summed E-state index contributed by atoms with van der Waals surface area (Å²) in [6, 6.07) is 18.4. The van der Waals surface area contributed by atoms with Crippen molar-refractivity contribution in [2.45, 2.75) is 57.7 Å². The molecule has 0 spiro atoms. The second-order valence-electron chi connectivity index (χ2n) is 8.00. The van der Waals surface area contributed by atoms with Gasteiger partial charge in [-0.25, -0.2) is 0 Å². The van der Waals surface area contributed by atoms with Crippen molar-refractivity contribution in [2.24, 2.45) is 0 Å². The van der Waals surface area contributed by atoms with E-state index < -0.39 is 0 Å². The normalized spacial score (nSPS) is 19.6. The Labute approximate surface area is 168 Å². The Kier molecular flexibility index (Phi) is 6.40. The number of benzene rings is 2. The van der Waals surface area contributed by atoms with Crippen molar-refractivity contribution < 1.29 is 14.3 Å². The molecule has 1 aliphatic rings. The summed E-state index contributed by atoms with van der Waals surface area (Å²) in [5.74, 6) is 0.989. The van der Waals surface area contributed by atoms with Crippen molar-refractivity contribution in [3.8, 4) is 5.75 Å². The Balaban J connectivity index is 2.07. The quantitative estimate of drug-likeness (QED) is 0.708. The number of carbonyl (C=O) groups is 1. The van der Waals surface area contributed by atoms with Gasteiger partial charge >= 0.3 is 0 Å². The highest BCUT2D eigenvalue weighted by atomic mass is 16.5. The summed E-state index contributed by atoms with van der Waals surface area (Å²) >= 11 is 0. The molecule has 4 nitrogen and oxygen atoms in total. The van der Waals surface area contributed by atoms with E-state index in [1.807, 2.05) is 37.3 Å². The lowest BCUT2D eigenvalue weighted by Crippen LogP contribution is -2.50. The van der Waals surface area contributed by atoms with Gasteiger partial charge in [0.2, 0.25) is 5.91 Å². The fourth-order valence-corrected chi connectivity index (χ4v) is 4.11. The first-order valence-electron chi connectivity index (χ1n) is 10.1. The number of hydrogen-bond donors (Lipinski definition) is 0. The molecule has 2 aromatic carbocycles. The Hall–Kier alpha value is -2.33. The first-order valence-corrected chi connectivity index (χ1v) is 10.1. The molecule has 1 amide bonds. The monoisotopic (exact) mass is 381 g/mol. The van der Waals surface area contributed by atoms with Crippen LogP contribution in [0.5, 0.6) is 5.75 Å². The Morgan fingerprint density at radius 1 is 1.14 bits per heavy atom. The molecule has 1 fully saturated rings. The van der Waals surface area contributed by atoms with Crippen LogP contribution in [0.4, 0.5) is 0 Å². The first-order chi connectivity index (χ1) is 13.4. The number of methoxy groups -OCH3 is 1. The number of hydrogen-bond acceptors (Lipinski definition) is 3. The minimum Gasteiger partial charge on any atom is -0.497 e. The molecule has 0 N–H and O–H groups in total. The van der Waals surface area contributed by atoms with Crippen LogP contribution in [0.1, 0.15) is 57.2 Å². The van der Waals surface area contributed by atoms with Gasteiger partial charge in [0, 0.05) is 19.1 Å². The Bertz CT molecular complexity index is 770. The van der Waals surface area contributed by atoms with Gasteiger partial charge in [-0.2, -0.15) is 0 Å². The fourth-order valence-electron chi connectivity index (χ4n) is 4.11. The number of rotatable bonds is 6. The van der Waals surface area contributed by atoms with Crippen molar-refractivity contribution in [1.29, 1.82) is 0 Å². The topological polar surface area (TPSA) is 38.8 Å². The van der Waals surface area contributed by atoms with E-state index in [1.54, 1.807) is 7.11 Å². The Morgan fingerprint density at radius 3 is 2.36 bits per heavy atom. The van der Waals surface area contributed by atoms with Crippen LogP contribution in [0.25, 0.3) is 0 Å². The van der Waals surface area contributed by atoms with E-state index in [0.29, 0.717) is 13.0 Å². The zero-order chi connectivity index (χ0) is 20.1. The van der Waals surface area contributed by atoms with Crippen molar-refractivity contribution in [1.82, 2.24) is 4.90 Å². The number of ether oxygens (including phenoxy) is 2. The van der Waals surface area contributed by atoms with E-state index >= 15 is 0 Å². The lowest BCUT2D eigenvalue weighted by Gasteiger charge is -2.45. The van der Waals surface area contributed by atoms with Crippen LogP contribution in [0, 0.1) is 0 Å². The van der Waals surface area contributed by atoms with E-state index in [4.69, 9.17) is 9.47 Å². The van der Waals surface area contributed by atoms with Crippen LogP contribution in [-0.4, -0.2) is 36.2 Å². The predicted octanol–water partition coefficient (Wildman–Crippen LogP) is 4.98. The van der Waals surface area contributed by atoms with E-state index in [1.165, 1.54) is 0 Å². The minimum absolute atomic E-state index is 0.126. The molecule has 28 heavy (non-hydrogen) atoms. The maximum atomic E-state index is 13.2. The summed E-state index contributed by atoms with van der Waals surface area (Å²) < 4.78 is 11.3. The van der Waals surface area contributed by atoms with Gasteiger partial charge in [0.05, 0.1) is 18.8 Å². The molecule has 0 saturated carbocycles. The SMILES string of the molecule is CCC(=O)N([C@H]1CCOC(C)(C)C1)[C@H](c1ccccc1)c1ccc(OC)cc1. The Morgan fingerprint density at radius 2 is 1.79 bits per heavy atom. The minimum atomic E-state index is -0.226. The van der Waals surface area contributed by atoms with Crippen molar-refractivity contribution in [3.05, 3.63) is 65.7 Å². The summed E-state index contributed by atoms with van der Waals surface area (Å²) in [5.41, 5.74) is 1.99. The zero-order valence-electron chi connectivity index (χ0n) is 17.4. The number of carbonyl (C=O) groups excluding carboxylic acids is 1. The summed E-state index contributed by atoms with van der Waals surface area (Å²) in [4.78, 5) is 15.3. The second kappa shape index (κ2) is 8.78.